The number of benzene rings is 2. The van der Waals surface area contributed by atoms with Crippen LogP contribution in [0, 0.1) is 5.82 Å². The quantitative estimate of drug-likeness (QED) is 0.698. The molecule has 28 heavy (non-hydrogen) atoms. The van der Waals surface area contributed by atoms with Crippen LogP contribution in [0.5, 0.6) is 11.5 Å². The lowest BCUT2D eigenvalue weighted by Gasteiger charge is -2.38. The van der Waals surface area contributed by atoms with Crippen molar-refractivity contribution in [2.75, 3.05) is 12.9 Å². The molecule has 1 aliphatic rings. The van der Waals surface area contributed by atoms with Gasteiger partial charge in [0.1, 0.15) is 22.9 Å². The van der Waals surface area contributed by atoms with Crippen LogP contribution < -0.4 is 14.8 Å². The van der Waals surface area contributed by atoms with Gasteiger partial charge < -0.3 is 14.8 Å². The van der Waals surface area contributed by atoms with Gasteiger partial charge in [-0.25, -0.2) is 4.39 Å². The molecule has 1 N–H and O–H groups in total. The Kier molecular flexibility index (Phi) is 6.40. The number of amides is 1. The Labute approximate surface area is 173 Å². The predicted octanol–water partition coefficient (Wildman–Crippen LogP) is 5.14. The fraction of sp³-hybridized carbons (Fsp3) is 0.381. The highest BCUT2D eigenvalue weighted by molar-refractivity contribution is 7.99. The third-order valence-electron chi connectivity index (χ3n) is 4.52. The largest absolute Gasteiger partial charge is 0.497 e. The topological polar surface area (TPSA) is 47.6 Å². The zero-order valence-electron chi connectivity index (χ0n) is 16.1. The number of hydrogen-bond acceptors (Lipinski definition) is 4. The van der Waals surface area contributed by atoms with Gasteiger partial charge in [-0.05, 0) is 49.7 Å². The highest BCUT2D eigenvalue weighted by atomic mass is 35.5. The first-order valence-corrected chi connectivity index (χ1v) is 10.5. The molecule has 1 unspecified atom stereocenters. The molecule has 3 rings (SSSR count). The van der Waals surface area contributed by atoms with E-state index in [1.807, 2.05) is 32.0 Å². The second-order valence-electron chi connectivity index (χ2n) is 7.32. The molecule has 0 aromatic heterocycles. The molecule has 1 heterocycles. The molecule has 4 nitrogen and oxygen atoms in total. The van der Waals surface area contributed by atoms with Gasteiger partial charge in [0.15, 0.2) is 0 Å². The summed E-state index contributed by atoms with van der Waals surface area (Å²) in [6, 6.07) is 10.0. The Balaban J connectivity index is 1.63. The monoisotopic (exact) mass is 423 g/mol. The number of thioether (sulfide) groups is 1. The van der Waals surface area contributed by atoms with E-state index in [0.29, 0.717) is 28.5 Å². The van der Waals surface area contributed by atoms with Crippen LogP contribution in [0.1, 0.15) is 37.4 Å². The molecule has 1 atom stereocenters. The summed E-state index contributed by atoms with van der Waals surface area (Å²) in [5.74, 6) is 1.65. The molecule has 1 amide bonds. The molecule has 0 saturated carbocycles. The number of carbonyl (C=O) groups is 1. The summed E-state index contributed by atoms with van der Waals surface area (Å²) in [7, 11) is 1.61. The second-order valence-corrected chi connectivity index (χ2v) is 8.74. The van der Waals surface area contributed by atoms with Crippen LogP contribution in [0.15, 0.2) is 36.4 Å². The number of rotatable bonds is 6. The maximum absolute atomic E-state index is 13.8. The molecule has 150 valence electrons. The molecular weight excluding hydrogens is 401 g/mol. The Hall–Kier alpha value is -1.92. The minimum Gasteiger partial charge on any atom is -0.497 e. The molecule has 0 saturated heterocycles. The summed E-state index contributed by atoms with van der Waals surface area (Å²) in [6.45, 7) is 3.99. The molecule has 7 heteroatoms. The zero-order chi connectivity index (χ0) is 20.3. The summed E-state index contributed by atoms with van der Waals surface area (Å²) in [4.78, 5) is 12.5. The molecule has 2 aromatic rings. The highest BCUT2D eigenvalue weighted by Gasteiger charge is 2.34. The maximum Gasteiger partial charge on any atom is 0.230 e. The van der Waals surface area contributed by atoms with E-state index in [2.05, 4.69) is 5.32 Å². The van der Waals surface area contributed by atoms with Crippen LogP contribution in [0.4, 0.5) is 4.39 Å². The fourth-order valence-corrected chi connectivity index (χ4v) is 4.20. The van der Waals surface area contributed by atoms with Crippen LogP contribution in [0.3, 0.4) is 0 Å². The summed E-state index contributed by atoms with van der Waals surface area (Å²) < 4.78 is 25.2. The first-order chi connectivity index (χ1) is 13.3. The smallest absolute Gasteiger partial charge is 0.230 e. The van der Waals surface area contributed by atoms with Crippen LogP contribution in [0.25, 0.3) is 0 Å². The Morgan fingerprint density at radius 3 is 2.86 bits per heavy atom. The molecule has 1 aliphatic heterocycles. The van der Waals surface area contributed by atoms with Gasteiger partial charge >= 0.3 is 0 Å². The number of hydrogen-bond donors (Lipinski definition) is 1. The van der Waals surface area contributed by atoms with E-state index >= 15 is 0 Å². The van der Waals surface area contributed by atoms with E-state index < -0.39 is 0 Å². The van der Waals surface area contributed by atoms with Gasteiger partial charge in [0.25, 0.3) is 0 Å². The summed E-state index contributed by atoms with van der Waals surface area (Å²) in [6.07, 6.45) is 0.648. The number of methoxy groups -OCH3 is 1. The van der Waals surface area contributed by atoms with E-state index in [0.717, 1.165) is 11.3 Å². The second kappa shape index (κ2) is 8.62. The molecule has 2 aromatic carbocycles. The van der Waals surface area contributed by atoms with E-state index in [4.69, 9.17) is 21.1 Å². The normalized spacial score (nSPS) is 17.4. The highest BCUT2D eigenvalue weighted by Crippen LogP contribution is 2.41. The third-order valence-corrected chi connectivity index (χ3v) is 5.73. The van der Waals surface area contributed by atoms with Gasteiger partial charge in [-0.3, -0.25) is 4.79 Å². The Morgan fingerprint density at radius 2 is 2.14 bits per heavy atom. The summed E-state index contributed by atoms with van der Waals surface area (Å²) in [5, 5.41) is 3.44. The number of fused-ring (bicyclic) bond motifs is 1. The first kappa shape index (κ1) is 20.8. The zero-order valence-corrected chi connectivity index (χ0v) is 17.6. The van der Waals surface area contributed by atoms with Crippen LogP contribution >= 0.6 is 23.4 Å². The molecule has 0 bridgehead atoms. The molecule has 0 aliphatic carbocycles. The van der Waals surface area contributed by atoms with Gasteiger partial charge in [0, 0.05) is 22.8 Å². The average molecular weight is 424 g/mol. The predicted molar refractivity (Wildman–Crippen MR) is 111 cm³/mol. The lowest BCUT2D eigenvalue weighted by molar-refractivity contribution is -0.119. The number of ether oxygens (including phenoxy) is 2. The lowest BCUT2D eigenvalue weighted by atomic mass is 9.89. The number of halogens is 2. The van der Waals surface area contributed by atoms with E-state index in [9.17, 15) is 9.18 Å². The Morgan fingerprint density at radius 1 is 1.36 bits per heavy atom. The molecule has 0 spiro atoms. The van der Waals surface area contributed by atoms with Crippen molar-refractivity contribution in [1.82, 2.24) is 5.32 Å². The molecular formula is C21H23ClFNO3S. The van der Waals surface area contributed by atoms with Crippen molar-refractivity contribution in [1.29, 1.82) is 0 Å². The Bertz CT molecular complexity index is 875. The van der Waals surface area contributed by atoms with Gasteiger partial charge in [0.05, 0.1) is 18.9 Å². The minimum atomic E-state index is -0.390. The van der Waals surface area contributed by atoms with Gasteiger partial charge in [-0.15, -0.1) is 11.8 Å². The fourth-order valence-electron chi connectivity index (χ4n) is 3.22. The third kappa shape index (κ3) is 5.11. The van der Waals surface area contributed by atoms with Crippen LogP contribution in [0.2, 0.25) is 5.02 Å². The van der Waals surface area contributed by atoms with Gasteiger partial charge in [-0.1, -0.05) is 17.7 Å². The van der Waals surface area contributed by atoms with Crippen molar-refractivity contribution < 1.29 is 18.7 Å². The molecule has 0 radical (unpaired) electrons. The van der Waals surface area contributed by atoms with E-state index in [-0.39, 0.29) is 29.1 Å². The van der Waals surface area contributed by atoms with Crippen molar-refractivity contribution in [2.24, 2.45) is 0 Å². The maximum atomic E-state index is 13.8. The van der Waals surface area contributed by atoms with Gasteiger partial charge in [-0.2, -0.15) is 0 Å². The minimum absolute atomic E-state index is 0.101. The SMILES string of the molecule is COc1ccc2c(c1)C(NC(=O)CSCc1ccc(Cl)cc1F)CC(C)(C)O2. The van der Waals surface area contributed by atoms with Gasteiger partial charge in [0.2, 0.25) is 5.91 Å². The van der Waals surface area contributed by atoms with Crippen LogP contribution in [-0.4, -0.2) is 24.4 Å². The number of nitrogens with one attached hydrogen (secondary N) is 1. The van der Waals surface area contributed by atoms with Crippen molar-refractivity contribution in [2.45, 2.75) is 37.7 Å². The lowest BCUT2D eigenvalue weighted by Crippen LogP contribution is -2.41. The first-order valence-electron chi connectivity index (χ1n) is 8.95. The standard InChI is InChI=1S/C21H23ClFNO3S/c1-21(2)10-18(16-9-15(26-3)6-7-19(16)27-21)24-20(25)12-28-11-13-4-5-14(22)8-17(13)23/h4-9,18H,10-12H2,1-3H3,(H,24,25). The summed E-state index contributed by atoms with van der Waals surface area (Å²) in [5.41, 5.74) is 1.05. The average Bonchev–Trinajstić information content (AvgIpc) is 2.62. The van der Waals surface area contributed by atoms with E-state index in [1.54, 1.807) is 19.2 Å². The van der Waals surface area contributed by atoms with Crippen molar-refractivity contribution in [3.8, 4) is 11.5 Å². The van der Waals surface area contributed by atoms with Crippen molar-refractivity contribution >= 4 is 29.3 Å². The van der Waals surface area contributed by atoms with E-state index in [1.165, 1.54) is 17.8 Å². The van der Waals surface area contributed by atoms with Crippen molar-refractivity contribution in [3.63, 3.8) is 0 Å². The summed E-state index contributed by atoms with van der Waals surface area (Å²) >= 11 is 7.13. The molecule has 0 fully saturated rings. The van der Waals surface area contributed by atoms with Crippen molar-refractivity contribution in [3.05, 3.63) is 58.4 Å². The number of carbonyl (C=O) groups excluding carboxylic acids is 1. The van der Waals surface area contributed by atoms with Crippen LogP contribution in [-0.2, 0) is 10.5 Å².